The lowest BCUT2D eigenvalue weighted by Crippen LogP contribution is -2.49. The van der Waals surface area contributed by atoms with Crippen molar-refractivity contribution >= 4 is 5.91 Å². The molecule has 1 aliphatic rings. The zero-order valence-electron chi connectivity index (χ0n) is 12.6. The lowest BCUT2D eigenvalue weighted by Gasteiger charge is -2.30. The van der Waals surface area contributed by atoms with Gasteiger partial charge in [0.25, 0.3) is 0 Å². The lowest BCUT2D eigenvalue weighted by atomic mass is 10.2. The molecule has 0 bridgehead atoms. The van der Waals surface area contributed by atoms with E-state index in [2.05, 4.69) is 29.5 Å². The average Bonchev–Trinajstić information content (AvgIpc) is 2.41. The van der Waals surface area contributed by atoms with Crippen LogP contribution in [0.1, 0.15) is 33.1 Å². The second-order valence-corrected chi connectivity index (χ2v) is 5.38. The van der Waals surface area contributed by atoms with Gasteiger partial charge >= 0.3 is 0 Å². The number of nitrogens with one attached hydrogen (secondary N) is 2. The summed E-state index contributed by atoms with van der Waals surface area (Å²) >= 11 is 0. The number of hydrogen-bond acceptors (Lipinski definition) is 4. The van der Waals surface area contributed by atoms with E-state index >= 15 is 0 Å². The van der Waals surface area contributed by atoms with Gasteiger partial charge in [0.05, 0.1) is 18.8 Å². The van der Waals surface area contributed by atoms with Crippen molar-refractivity contribution in [2.45, 2.75) is 45.3 Å². The van der Waals surface area contributed by atoms with Crippen molar-refractivity contribution in [3.8, 4) is 0 Å². The molecule has 19 heavy (non-hydrogen) atoms. The Balaban J connectivity index is 2.11. The Hall–Kier alpha value is -0.650. The summed E-state index contributed by atoms with van der Waals surface area (Å²) in [5.74, 6) is 0.0836. The number of carbonyl (C=O) groups is 1. The van der Waals surface area contributed by atoms with Gasteiger partial charge < -0.3 is 20.3 Å². The molecule has 0 aromatic rings. The summed E-state index contributed by atoms with van der Waals surface area (Å²) in [4.78, 5) is 14.1. The molecule has 0 aromatic heterocycles. The molecular formula is C14H29N3O2. The molecule has 1 saturated heterocycles. The summed E-state index contributed by atoms with van der Waals surface area (Å²) in [6.07, 6.45) is 3.60. The van der Waals surface area contributed by atoms with Crippen LogP contribution in [-0.2, 0) is 9.53 Å². The van der Waals surface area contributed by atoms with Gasteiger partial charge in [-0.05, 0) is 20.4 Å². The van der Waals surface area contributed by atoms with Crippen molar-refractivity contribution in [2.75, 3.05) is 39.8 Å². The van der Waals surface area contributed by atoms with Crippen LogP contribution in [0, 0.1) is 0 Å². The summed E-state index contributed by atoms with van der Waals surface area (Å²) in [7, 11) is 2.10. The molecule has 0 spiro atoms. The average molecular weight is 271 g/mol. The van der Waals surface area contributed by atoms with Crippen molar-refractivity contribution in [1.82, 2.24) is 15.5 Å². The summed E-state index contributed by atoms with van der Waals surface area (Å²) in [6.45, 7) is 8.27. The molecule has 2 N–H and O–H groups in total. The van der Waals surface area contributed by atoms with E-state index in [0.717, 1.165) is 39.2 Å². The van der Waals surface area contributed by atoms with Crippen molar-refractivity contribution in [3.63, 3.8) is 0 Å². The molecule has 1 rings (SSSR count). The molecule has 0 saturated carbocycles. The van der Waals surface area contributed by atoms with Crippen molar-refractivity contribution in [1.29, 1.82) is 0 Å². The Morgan fingerprint density at radius 2 is 2.26 bits per heavy atom. The van der Waals surface area contributed by atoms with Crippen LogP contribution in [-0.4, -0.2) is 62.8 Å². The van der Waals surface area contributed by atoms with E-state index in [0.29, 0.717) is 0 Å². The Morgan fingerprint density at radius 1 is 1.47 bits per heavy atom. The molecule has 0 aliphatic carbocycles. The second-order valence-electron chi connectivity index (χ2n) is 5.38. The normalized spacial score (nSPS) is 22.2. The Labute approximate surface area is 117 Å². The predicted octanol–water partition coefficient (Wildman–Crippen LogP) is 0.602. The number of likely N-dealkylation sites (N-methyl/N-ethyl adjacent to an activating group) is 1. The standard InChI is InChI=1S/C14H29N3O2/c1-4-5-6-7-15-14(18)12(2)16-10-13-11-17(3)8-9-19-13/h12-13,16H,4-11H2,1-3H3,(H,15,18). The molecule has 1 amide bonds. The van der Waals surface area contributed by atoms with Crippen LogP contribution in [0.4, 0.5) is 0 Å². The fraction of sp³-hybridized carbons (Fsp3) is 0.929. The smallest absolute Gasteiger partial charge is 0.236 e. The SMILES string of the molecule is CCCCCNC(=O)C(C)NCC1CN(C)CCO1. The second kappa shape index (κ2) is 9.28. The van der Waals surface area contributed by atoms with Crippen LogP contribution in [0.25, 0.3) is 0 Å². The number of carbonyl (C=O) groups excluding carboxylic acids is 1. The van der Waals surface area contributed by atoms with Gasteiger partial charge in [0.2, 0.25) is 5.91 Å². The maximum Gasteiger partial charge on any atom is 0.236 e. The fourth-order valence-corrected chi connectivity index (χ4v) is 2.13. The van der Waals surface area contributed by atoms with Gasteiger partial charge in [0, 0.05) is 26.2 Å². The number of hydrogen-bond donors (Lipinski definition) is 2. The van der Waals surface area contributed by atoms with Gasteiger partial charge in [0.15, 0.2) is 0 Å². The topological polar surface area (TPSA) is 53.6 Å². The molecule has 1 fully saturated rings. The van der Waals surface area contributed by atoms with E-state index in [1.165, 1.54) is 12.8 Å². The first-order valence-electron chi connectivity index (χ1n) is 7.44. The Morgan fingerprint density at radius 3 is 2.95 bits per heavy atom. The molecule has 2 atom stereocenters. The number of rotatable bonds is 8. The molecule has 5 nitrogen and oxygen atoms in total. The highest BCUT2D eigenvalue weighted by Gasteiger charge is 2.19. The highest BCUT2D eigenvalue weighted by Crippen LogP contribution is 2.02. The van der Waals surface area contributed by atoms with Crippen molar-refractivity contribution in [3.05, 3.63) is 0 Å². The van der Waals surface area contributed by atoms with Gasteiger partial charge in [-0.3, -0.25) is 4.79 Å². The number of morpholine rings is 1. The highest BCUT2D eigenvalue weighted by molar-refractivity contribution is 5.81. The minimum absolute atomic E-state index is 0.0836. The third-order valence-electron chi connectivity index (χ3n) is 3.47. The number of nitrogens with zero attached hydrogens (tertiary/aromatic N) is 1. The Bertz CT molecular complexity index is 261. The molecule has 0 radical (unpaired) electrons. The maximum atomic E-state index is 11.8. The first-order valence-corrected chi connectivity index (χ1v) is 7.44. The predicted molar refractivity (Wildman–Crippen MR) is 77.2 cm³/mol. The van der Waals surface area contributed by atoms with Gasteiger partial charge in [-0.15, -0.1) is 0 Å². The molecule has 0 aromatic carbocycles. The van der Waals surface area contributed by atoms with E-state index in [1.54, 1.807) is 0 Å². The number of unbranched alkanes of at least 4 members (excludes halogenated alkanes) is 2. The molecule has 5 heteroatoms. The lowest BCUT2D eigenvalue weighted by molar-refractivity contribution is -0.123. The van der Waals surface area contributed by atoms with E-state index in [4.69, 9.17) is 4.74 Å². The fourth-order valence-electron chi connectivity index (χ4n) is 2.13. The summed E-state index contributed by atoms with van der Waals surface area (Å²) < 4.78 is 5.66. The van der Waals surface area contributed by atoms with Gasteiger partial charge in [-0.1, -0.05) is 19.8 Å². The van der Waals surface area contributed by atoms with Gasteiger partial charge in [-0.2, -0.15) is 0 Å². The van der Waals surface area contributed by atoms with Crippen LogP contribution in [0.5, 0.6) is 0 Å². The molecular weight excluding hydrogens is 242 g/mol. The van der Waals surface area contributed by atoms with E-state index in [9.17, 15) is 4.79 Å². The van der Waals surface area contributed by atoms with Crippen LogP contribution in [0.2, 0.25) is 0 Å². The first kappa shape index (κ1) is 16.4. The Kier molecular flexibility index (Phi) is 8.02. The van der Waals surface area contributed by atoms with Gasteiger partial charge in [-0.25, -0.2) is 0 Å². The van der Waals surface area contributed by atoms with E-state index < -0.39 is 0 Å². The molecule has 2 unspecified atom stereocenters. The van der Waals surface area contributed by atoms with Crippen molar-refractivity contribution in [2.24, 2.45) is 0 Å². The van der Waals surface area contributed by atoms with Crippen molar-refractivity contribution < 1.29 is 9.53 Å². The minimum atomic E-state index is -0.155. The first-order chi connectivity index (χ1) is 9.13. The quantitative estimate of drug-likeness (QED) is 0.635. The number of ether oxygens (including phenoxy) is 1. The van der Waals surface area contributed by atoms with Crippen LogP contribution < -0.4 is 10.6 Å². The summed E-state index contributed by atoms with van der Waals surface area (Å²) in [5, 5.41) is 6.21. The zero-order valence-corrected chi connectivity index (χ0v) is 12.6. The monoisotopic (exact) mass is 271 g/mol. The van der Waals surface area contributed by atoms with Gasteiger partial charge in [0.1, 0.15) is 0 Å². The molecule has 112 valence electrons. The van der Waals surface area contributed by atoms with Crippen LogP contribution in [0.15, 0.2) is 0 Å². The third kappa shape index (κ3) is 6.89. The minimum Gasteiger partial charge on any atom is -0.374 e. The summed E-state index contributed by atoms with van der Waals surface area (Å²) in [5.41, 5.74) is 0. The molecule has 1 heterocycles. The summed E-state index contributed by atoms with van der Waals surface area (Å²) in [6, 6.07) is -0.155. The van der Waals surface area contributed by atoms with E-state index in [1.807, 2.05) is 6.92 Å². The molecule has 1 aliphatic heterocycles. The third-order valence-corrected chi connectivity index (χ3v) is 3.47. The number of amides is 1. The highest BCUT2D eigenvalue weighted by atomic mass is 16.5. The van der Waals surface area contributed by atoms with Crippen LogP contribution in [0.3, 0.4) is 0 Å². The van der Waals surface area contributed by atoms with E-state index in [-0.39, 0.29) is 18.1 Å². The van der Waals surface area contributed by atoms with Crippen LogP contribution >= 0.6 is 0 Å². The maximum absolute atomic E-state index is 11.8. The zero-order chi connectivity index (χ0) is 14.1. The largest absolute Gasteiger partial charge is 0.374 e.